The quantitative estimate of drug-likeness (QED) is 0.300. The molecule has 1 saturated heterocycles. The number of hydrogen-bond donors (Lipinski definition) is 1. The lowest BCUT2D eigenvalue weighted by Crippen LogP contribution is -2.39. The molecular weight excluding hydrogens is 152 g/mol. The van der Waals surface area contributed by atoms with E-state index in [1.54, 1.807) is 0 Å². The van der Waals surface area contributed by atoms with E-state index in [0.717, 1.165) is 13.1 Å². The first-order valence-electron chi connectivity index (χ1n) is 4.41. The van der Waals surface area contributed by atoms with Gasteiger partial charge in [0, 0.05) is 12.6 Å². The van der Waals surface area contributed by atoms with E-state index in [9.17, 15) is 0 Å². The highest BCUT2D eigenvalue weighted by Gasteiger charge is 2.17. The average molecular weight is 168 g/mol. The Balaban J connectivity index is 2.41. The second-order valence-corrected chi connectivity index (χ2v) is 3.09. The van der Waals surface area contributed by atoms with Gasteiger partial charge in [0.1, 0.15) is 0 Å². The number of hydrogen-bond acceptors (Lipinski definition) is 3. The first-order valence-corrected chi connectivity index (χ1v) is 4.41. The number of likely N-dealkylation sites (tertiary alicyclic amines) is 1. The zero-order valence-electron chi connectivity index (χ0n) is 7.32. The smallest absolute Gasteiger partial charge is 0.0576 e. The largest absolute Gasteiger partial charge is 0.411 e. The second-order valence-electron chi connectivity index (χ2n) is 3.09. The summed E-state index contributed by atoms with van der Waals surface area (Å²) in [6, 6.07) is 0.469. The molecule has 1 fully saturated rings. The van der Waals surface area contributed by atoms with Gasteiger partial charge in [-0.1, -0.05) is 12.5 Å². The minimum Gasteiger partial charge on any atom is -0.411 e. The molecule has 1 N–H and O–H groups in total. The molecule has 0 radical (unpaired) electrons. The third-order valence-electron chi connectivity index (χ3n) is 2.33. The summed E-state index contributed by atoms with van der Waals surface area (Å²) in [5, 5.41) is 11.3. The minimum atomic E-state index is 0.469. The maximum atomic E-state index is 8.27. The Kier molecular flexibility index (Phi) is 3.80. The van der Waals surface area contributed by atoms with E-state index < -0.39 is 0 Å². The molecule has 1 rings (SSSR count). The fourth-order valence-corrected chi connectivity index (χ4v) is 1.65. The molecule has 0 bridgehead atoms. The van der Waals surface area contributed by atoms with E-state index >= 15 is 0 Å². The maximum Gasteiger partial charge on any atom is 0.0576 e. The van der Waals surface area contributed by atoms with Crippen LogP contribution in [0.1, 0.15) is 19.3 Å². The summed E-state index contributed by atoms with van der Waals surface area (Å²) in [6.45, 7) is 5.61. The van der Waals surface area contributed by atoms with Gasteiger partial charge in [0.05, 0.1) is 6.21 Å². The van der Waals surface area contributed by atoms with Crippen molar-refractivity contribution in [3.8, 4) is 0 Å². The van der Waals surface area contributed by atoms with Crippen molar-refractivity contribution < 1.29 is 5.21 Å². The van der Waals surface area contributed by atoms with E-state index in [1.807, 2.05) is 6.08 Å². The van der Waals surface area contributed by atoms with Gasteiger partial charge in [0.15, 0.2) is 0 Å². The summed E-state index contributed by atoms with van der Waals surface area (Å²) in [5.74, 6) is 0. The van der Waals surface area contributed by atoms with E-state index in [2.05, 4.69) is 16.6 Å². The topological polar surface area (TPSA) is 35.8 Å². The summed E-state index contributed by atoms with van der Waals surface area (Å²) in [4.78, 5) is 2.27. The van der Waals surface area contributed by atoms with Crippen molar-refractivity contribution in [1.29, 1.82) is 0 Å². The molecule has 1 atom stereocenters. The highest BCUT2D eigenvalue weighted by Crippen LogP contribution is 2.16. The van der Waals surface area contributed by atoms with Crippen LogP contribution in [-0.2, 0) is 0 Å². The molecule has 1 heterocycles. The van der Waals surface area contributed by atoms with Crippen LogP contribution in [0.2, 0.25) is 0 Å². The summed E-state index contributed by atoms with van der Waals surface area (Å²) in [5.41, 5.74) is 0. The molecule has 3 heteroatoms. The van der Waals surface area contributed by atoms with E-state index in [0.29, 0.717) is 6.04 Å². The Morgan fingerprint density at radius 3 is 3.08 bits per heavy atom. The molecule has 1 aliphatic heterocycles. The van der Waals surface area contributed by atoms with E-state index in [-0.39, 0.29) is 0 Å². The average Bonchev–Trinajstić information content (AvgIpc) is 2.15. The number of rotatable bonds is 3. The highest BCUT2D eigenvalue weighted by molar-refractivity contribution is 5.58. The van der Waals surface area contributed by atoms with Crippen LogP contribution in [0.4, 0.5) is 0 Å². The van der Waals surface area contributed by atoms with Crippen LogP contribution in [0.5, 0.6) is 0 Å². The standard InChI is InChI=1S/C9H16N2O/c1-2-9-5-3-4-7-11(9)8-6-10-12/h2,6,9,12H,1,3-5,7-8H2/b10-6+. The SMILES string of the molecule is C=CC1CCCCN1C/C=N/O. The predicted octanol–water partition coefficient (Wildman–Crippen LogP) is 1.49. The normalized spacial score (nSPS) is 26.2. The Labute approximate surface area is 73.4 Å². The molecule has 0 amide bonds. The number of piperidine rings is 1. The van der Waals surface area contributed by atoms with Gasteiger partial charge in [0.2, 0.25) is 0 Å². The van der Waals surface area contributed by atoms with Crippen LogP contribution >= 0.6 is 0 Å². The van der Waals surface area contributed by atoms with Gasteiger partial charge in [-0.2, -0.15) is 0 Å². The Bertz CT molecular complexity index is 168. The maximum absolute atomic E-state index is 8.27. The summed E-state index contributed by atoms with van der Waals surface area (Å²) in [7, 11) is 0. The van der Waals surface area contributed by atoms with Crippen LogP contribution in [-0.4, -0.2) is 35.5 Å². The molecular formula is C9H16N2O. The molecule has 1 unspecified atom stereocenters. The summed E-state index contributed by atoms with van der Waals surface area (Å²) in [6.07, 6.45) is 7.21. The van der Waals surface area contributed by atoms with Gasteiger partial charge in [-0.15, -0.1) is 11.7 Å². The van der Waals surface area contributed by atoms with E-state index in [4.69, 9.17) is 5.21 Å². The molecule has 0 aromatic carbocycles. The van der Waals surface area contributed by atoms with Gasteiger partial charge < -0.3 is 5.21 Å². The summed E-state index contributed by atoms with van der Waals surface area (Å²) < 4.78 is 0. The van der Waals surface area contributed by atoms with Crippen LogP contribution < -0.4 is 0 Å². The Morgan fingerprint density at radius 2 is 2.42 bits per heavy atom. The first-order chi connectivity index (χ1) is 5.88. The van der Waals surface area contributed by atoms with Gasteiger partial charge in [-0.05, 0) is 19.4 Å². The van der Waals surface area contributed by atoms with Gasteiger partial charge >= 0.3 is 0 Å². The highest BCUT2D eigenvalue weighted by atomic mass is 16.4. The first kappa shape index (κ1) is 9.26. The molecule has 3 nitrogen and oxygen atoms in total. The lowest BCUT2D eigenvalue weighted by Gasteiger charge is -2.32. The van der Waals surface area contributed by atoms with Gasteiger partial charge in [0.25, 0.3) is 0 Å². The van der Waals surface area contributed by atoms with Crippen LogP contribution in [0.15, 0.2) is 17.8 Å². The van der Waals surface area contributed by atoms with Crippen LogP contribution in [0.3, 0.4) is 0 Å². The molecule has 0 aromatic rings. The van der Waals surface area contributed by atoms with Crippen molar-refractivity contribution in [2.75, 3.05) is 13.1 Å². The molecule has 12 heavy (non-hydrogen) atoms. The second kappa shape index (κ2) is 4.93. The van der Waals surface area contributed by atoms with Crippen molar-refractivity contribution in [2.45, 2.75) is 25.3 Å². The monoisotopic (exact) mass is 168 g/mol. The zero-order valence-corrected chi connectivity index (χ0v) is 7.32. The van der Waals surface area contributed by atoms with Crippen molar-refractivity contribution in [2.24, 2.45) is 5.16 Å². The van der Waals surface area contributed by atoms with E-state index in [1.165, 1.54) is 25.5 Å². The van der Waals surface area contributed by atoms with Crippen molar-refractivity contribution in [3.05, 3.63) is 12.7 Å². The van der Waals surface area contributed by atoms with Gasteiger partial charge in [-0.3, -0.25) is 4.90 Å². The number of nitrogens with zero attached hydrogens (tertiary/aromatic N) is 2. The zero-order chi connectivity index (χ0) is 8.81. The lowest BCUT2D eigenvalue weighted by atomic mass is 10.0. The molecule has 1 aliphatic rings. The molecule has 0 spiro atoms. The fraction of sp³-hybridized carbons (Fsp3) is 0.667. The van der Waals surface area contributed by atoms with Crippen molar-refractivity contribution in [1.82, 2.24) is 4.90 Å². The summed E-state index contributed by atoms with van der Waals surface area (Å²) >= 11 is 0. The van der Waals surface area contributed by atoms with Gasteiger partial charge in [-0.25, -0.2) is 0 Å². The molecule has 0 aromatic heterocycles. The van der Waals surface area contributed by atoms with Crippen LogP contribution in [0, 0.1) is 0 Å². The third-order valence-corrected chi connectivity index (χ3v) is 2.33. The molecule has 0 aliphatic carbocycles. The fourth-order valence-electron chi connectivity index (χ4n) is 1.65. The predicted molar refractivity (Wildman–Crippen MR) is 49.7 cm³/mol. The lowest BCUT2D eigenvalue weighted by molar-refractivity contribution is 0.205. The number of oxime groups is 1. The molecule has 0 saturated carbocycles. The minimum absolute atomic E-state index is 0.469. The Morgan fingerprint density at radius 1 is 1.58 bits per heavy atom. The van der Waals surface area contributed by atoms with Crippen molar-refractivity contribution in [3.63, 3.8) is 0 Å². The Hall–Kier alpha value is -0.830. The van der Waals surface area contributed by atoms with Crippen LogP contribution in [0.25, 0.3) is 0 Å². The molecule has 68 valence electrons. The third kappa shape index (κ3) is 2.34. The van der Waals surface area contributed by atoms with Crippen molar-refractivity contribution >= 4 is 6.21 Å².